The SMILES string of the molecule is Cc1ccc(C)c(S(=O)(=O)N(C)Cc2nc(-c3ccccc3Cl)no2)c1. The van der Waals surface area contributed by atoms with Crippen molar-refractivity contribution in [1.82, 2.24) is 14.4 Å². The number of aromatic nitrogens is 2. The molecule has 0 unspecified atom stereocenters. The molecule has 0 N–H and O–H groups in total. The Morgan fingerprint density at radius 1 is 1.15 bits per heavy atom. The summed E-state index contributed by atoms with van der Waals surface area (Å²) in [5.74, 6) is 0.513. The Morgan fingerprint density at radius 3 is 2.62 bits per heavy atom. The number of nitrogens with zero attached hydrogens (tertiary/aromatic N) is 3. The molecule has 0 atom stereocenters. The summed E-state index contributed by atoms with van der Waals surface area (Å²) >= 11 is 6.13. The quantitative estimate of drug-likeness (QED) is 0.660. The lowest BCUT2D eigenvalue weighted by Gasteiger charge is -2.17. The molecule has 0 radical (unpaired) electrons. The highest BCUT2D eigenvalue weighted by Gasteiger charge is 2.25. The van der Waals surface area contributed by atoms with Crippen molar-refractivity contribution in [2.75, 3.05) is 7.05 Å². The van der Waals surface area contributed by atoms with Crippen LogP contribution < -0.4 is 0 Å². The fraction of sp³-hybridized carbons (Fsp3) is 0.222. The van der Waals surface area contributed by atoms with Gasteiger partial charge in [0, 0.05) is 12.6 Å². The third kappa shape index (κ3) is 3.65. The minimum atomic E-state index is -3.67. The van der Waals surface area contributed by atoms with E-state index in [9.17, 15) is 8.42 Å². The minimum absolute atomic E-state index is 0.0346. The highest BCUT2D eigenvalue weighted by atomic mass is 35.5. The molecule has 136 valence electrons. The summed E-state index contributed by atoms with van der Waals surface area (Å²) < 4.78 is 32.1. The van der Waals surface area contributed by atoms with E-state index in [1.165, 1.54) is 11.4 Å². The molecule has 6 nitrogen and oxygen atoms in total. The summed E-state index contributed by atoms with van der Waals surface area (Å²) in [6, 6.07) is 12.4. The average Bonchev–Trinajstić information content (AvgIpc) is 3.05. The zero-order chi connectivity index (χ0) is 18.9. The van der Waals surface area contributed by atoms with Crippen LogP contribution in [0.3, 0.4) is 0 Å². The largest absolute Gasteiger partial charge is 0.338 e. The van der Waals surface area contributed by atoms with Crippen molar-refractivity contribution in [3.63, 3.8) is 0 Å². The second-order valence-electron chi connectivity index (χ2n) is 6.02. The molecule has 1 aromatic heterocycles. The lowest BCUT2D eigenvalue weighted by Crippen LogP contribution is -2.27. The standard InChI is InChI=1S/C18H18ClN3O3S/c1-12-8-9-13(2)16(10-12)26(23,24)22(3)11-17-20-18(21-25-17)14-6-4-5-7-15(14)19/h4-10H,11H2,1-3H3. The van der Waals surface area contributed by atoms with Gasteiger partial charge in [0.15, 0.2) is 0 Å². The number of hydrogen-bond donors (Lipinski definition) is 0. The van der Waals surface area contributed by atoms with Crippen LogP contribution in [0.15, 0.2) is 51.9 Å². The Labute approximate surface area is 157 Å². The third-order valence-electron chi connectivity index (χ3n) is 3.97. The van der Waals surface area contributed by atoms with Crippen molar-refractivity contribution >= 4 is 21.6 Å². The van der Waals surface area contributed by atoms with E-state index in [2.05, 4.69) is 10.1 Å². The Morgan fingerprint density at radius 2 is 1.88 bits per heavy atom. The van der Waals surface area contributed by atoms with Crippen LogP contribution in [0.1, 0.15) is 17.0 Å². The smallest absolute Gasteiger partial charge is 0.243 e. The van der Waals surface area contributed by atoms with Gasteiger partial charge in [-0.25, -0.2) is 8.42 Å². The molecule has 0 spiro atoms. The van der Waals surface area contributed by atoms with Crippen LogP contribution >= 0.6 is 11.6 Å². The van der Waals surface area contributed by atoms with Gasteiger partial charge in [0.05, 0.1) is 16.5 Å². The minimum Gasteiger partial charge on any atom is -0.338 e. The van der Waals surface area contributed by atoms with Crippen LogP contribution in [-0.4, -0.2) is 29.9 Å². The predicted molar refractivity (Wildman–Crippen MR) is 99.3 cm³/mol. The third-order valence-corrected chi connectivity index (χ3v) is 6.25. The van der Waals surface area contributed by atoms with Gasteiger partial charge in [-0.15, -0.1) is 0 Å². The fourth-order valence-corrected chi connectivity index (χ4v) is 4.15. The van der Waals surface area contributed by atoms with Gasteiger partial charge in [-0.1, -0.05) is 41.0 Å². The van der Waals surface area contributed by atoms with Crippen LogP contribution in [0, 0.1) is 13.8 Å². The second-order valence-corrected chi connectivity index (χ2v) is 8.44. The molecule has 0 saturated heterocycles. The second kappa shape index (κ2) is 7.19. The van der Waals surface area contributed by atoms with E-state index in [4.69, 9.17) is 16.1 Å². The van der Waals surface area contributed by atoms with Crippen LogP contribution in [0.25, 0.3) is 11.4 Å². The van der Waals surface area contributed by atoms with Crippen molar-refractivity contribution < 1.29 is 12.9 Å². The molecule has 1 heterocycles. The van der Waals surface area contributed by atoms with Gasteiger partial charge in [-0.3, -0.25) is 0 Å². The number of benzene rings is 2. The van der Waals surface area contributed by atoms with Crippen LogP contribution in [0.5, 0.6) is 0 Å². The maximum absolute atomic E-state index is 12.9. The van der Waals surface area contributed by atoms with Gasteiger partial charge in [0.2, 0.25) is 21.7 Å². The summed E-state index contributed by atoms with van der Waals surface area (Å²) in [6.45, 7) is 3.59. The Bertz CT molecular complexity index is 1050. The molecule has 0 bridgehead atoms. The van der Waals surface area contributed by atoms with Crippen molar-refractivity contribution in [3.05, 3.63) is 64.5 Å². The van der Waals surface area contributed by atoms with E-state index in [1.54, 1.807) is 37.3 Å². The van der Waals surface area contributed by atoms with Crippen LogP contribution in [-0.2, 0) is 16.6 Å². The van der Waals surface area contributed by atoms with Gasteiger partial charge in [0.1, 0.15) is 0 Å². The van der Waals surface area contributed by atoms with E-state index >= 15 is 0 Å². The normalized spacial score (nSPS) is 11.9. The summed E-state index contributed by atoms with van der Waals surface area (Å²) in [4.78, 5) is 4.53. The summed E-state index contributed by atoms with van der Waals surface area (Å²) in [6.07, 6.45) is 0. The first-order valence-corrected chi connectivity index (χ1v) is 9.72. The topological polar surface area (TPSA) is 76.3 Å². The Hall–Kier alpha value is -2.22. The molecule has 8 heteroatoms. The summed E-state index contributed by atoms with van der Waals surface area (Å²) in [7, 11) is -2.19. The molecule has 0 aliphatic carbocycles. The van der Waals surface area contributed by atoms with E-state index in [0.29, 0.717) is 22.0 Å². The molecule has 0 fully saturated rings. The van der Waals surface area contributed by atoms with E-state index in [0.717, 1.165) is 5.56 Å². The highest BCUT2D eigenvalue weighted by molar-refractivity contribution is 7.89. The molecular formula is C18H18ClN3O3S. The fourth-order valence-electron chi connectivity index (χ4n) is 2.50. The molecule has 0 saturated carbocycles. The van der Waals surface area contributed by atoms with E-state index in [1.807, 2.05) is 19.1 Å². The number of sulfonamides is 1. The van der Waals surface area contributed by atoms with Crippen LogP contribution in [0.2, 0.25) is 5.02 Å². The first kappa shape index (κ1) is 18.6. The predicted octanol–water partition coefficient (Wildman–Crippen LogP) is 3.83. The molecule has 3 aromatic rings. The maximum atomic E-state index is 12.9. The van der Waals surface area contributed by atoms with Gasteiger partial charge >= 0.3 is 0 Å². The summed E-state index contributed by atoms with van der Waals surface area (Å²) in [5.41, 5.74) is 2.19. The lowest BCUT2D eigenvalue weighted by molar-refractivity contribution is 0.336. The number of halogens is 1. The van der Waals surface area contributed by atoms with Gasteiger partial charge < -0.3 is 4.52 Å². The molecule has 0 aliphatic heterocycles. The Kier molecular flexibility index (Phi) is 5.13. The zero-order valence-corrected chi connectivity index (χ0v) is 16.2. The first-order valence-electron chi connectivity index (χ1n) is 7.90. The van der Waals surface area contributed by atoms with Crippen molar-refractivity contribution in [3.8, 4) is 11.4 Å². The lowest BCUT2D eigenvalue weighted by atomic mass is 10.2. The Balaban J connectivity index is 1.85. The van der Waals surface area contributed by atoms with Crippen LogP contribution in [0.4, 0.5) is 0 Å². The maximum Gasteiger partial charge on any atom is 0.243 e. The number of hydrogen-bond acceptors (Lipinski definition) is 5. The molecule has 3 rings (SSSR count). The highest BCUT2D eigenvalue weighted by Crippen LogP contribution is 2.26. The molecule has 26 heavy (non-hydrogen) atoms. The van der Waals surface area contributed by atoms with Crippen molar-refractivity contribution in [2.24, 2.45) is 0 Å². The van der Waals surface area contributed by atoms with Gasteiger partial charge in [0.25, 0.3) is 0 Å². The van der Waals surface area contributed by atoms with Gasteiger partial charge in [-0.05, 0) is 43.2 Å². The number of rotatable bonds is 5. The van der Waals surface area contributed by atoms with Crippen molar-refractivity contribution in [2.45, 2.75) is 25.3 Å². The zero-order valence-electron chi connectivity index (χ0n) is 14.6. The number of aryl methyl sites for hydroxylation is 2. The first-order chi connectivity index (χ1) is 12.3. The average molecular weight is 392 g/mol. The molecule has 2 aromatic carbocycles. The molecule has 0 aliphatic rings. The molecular weight excluding hydrogens is 374 g/mol. The van der Waals surface area contributed by atoms with E-state index < -0.39 is 10.0 Å². The van der Waals surface area contributed by atoms with Crippen molar-refractivity contribution in [1.29, 1.82) is 0 Å². The van der Waals surface area contributed by atoms with Gasteiger partial charge in [-0.2, -0.15) is 9.29 Å². The molecule has 0 amide bonds. The monoisotopic (exact) mass is 391 g/mol. The van der Waals surface area contributed by atoms with E-state index in [-0.39, 0.29) is 17.3 Å². The summed E-state index contributed by atoms with van der Waals surface area (Å²) in [5, 5.41) is 4.39.